The van der Waals surface area contributed by atoms with Gasteiger partial charge in [-0.1, -0.05) is 138 Å². The maximum absolute atomic E-state index is 11.8. The molecule has 8 rings (SSSR count). The van der Waals surface area contributed by atoms with E-state index in [9.17, 15) is 9.59 Å². The van der Waals surface area contributed by atoms with Gasteiger partial charge in [-0.25, -0.2) is 0 Å². The lowest BCUT2D eigenvalue weighted by atomic mass is 9.68. The molecule has 6 saturated carbocycles. The Kier molecular flexibility index (Phi) is 19.8. The van der Waals surface area contributed by atoms with Crippen LogP contribution in [0.2, 0.25) is 0 Å². The van der Waals surface area contributed by atoms with Crippen LogP contribution < -0.4 is 0 Å². The fourth-order valence-electron chi connectivity index (χ4n) is 14.0. The summed E-state index contributed by atoms with van der Waals surface area (Å²) >= 11 is 0. The molecule has 0 atom stereocenters. The number of esters is 1. The SMILES string of the molecule is CCCC1CCC(C2CCC(C=Cc3ccc(C4CCC(C(=O)OC)CC4)cc3)CC2)CC1.CCCC1CCC(C2CCC(C=Cc3ccc(C4CCC(C=O)CC4)cc3)CC2)CC1. The first-order valence-electron chi connectivity index (χ1n) is 27.5. The van der Waals surface area contributed by atoms with Crippen LogP contribution >= 0.6 is 0 Å². The van der Waals surface area contributed by atoms with Gasteiger partial charge >= 0.3 is 5.97 Å². The van der Waals surface area contributed by atoms with Gasteiger partial charge in [0.25, 0.3) is 0 Å². The third kappa shape index (κ3) is 14.5. The number of ether oxygens (including phenoxy) is 1. The molecule has 0 bridgehead atoms. The van der Waals surface area contributed by atoms with Crippen molar-refractivity contribution in [3.05, 3.63) is 82.9 Å². The van der Waals surface area contributed by atoms with E-state index in [-0.39, 0.29) is 11.9 Å². The Morgan fingerprint density at radius 2 is 0.812 bits per heavy atom. The van der Waals surface area contributed by atoms with E-state index in [0.717, 1.165) is 92.2 Å². The summed E-state index contributed by atoms with van der Waals surface area (Å²) in [5.41, 5.74) is 5.58. The molecule has 64 heavy (non-hydrogen) atoms. The predicted molar refractivity (Wildman–Crippen MR) is 270 cm³/mol. The molecule has 3 nitrogen and oxygen atoms in total. The Hall–Kier alpha value is -2.94. The number of methoxy groups -OCH3 is 1. The third-order valence-electron chi connectivity index (χ3n) is 18.3. The Balaban J connectivity index is 0.000000192. The van der Waals surface area contributed by atoms with Gasteiger partial charge in [0.15, 0.2) is 0 Å². The first-order chi connectivity index (χ1) is 31.4. The average Bonchev–Trinajstić information content (AvgIpc) is 3.36. The standard InChI is InChI=1S/C31H46O2.C30H44O/c1-3-4-23-7-13-26(14-8-23)27-15-9-24(10-16-27)5-6-25-11-17-28(18-12-25)29-19-21-30(22-20-29)31(32)33-2;1-2-3-23-6-14-27(15-7-23)28-16-8-24(9-17-28)4-5-25-10-18-29(19-11-25)30-20-12-26(22-31)13-21-30/h5-6,11-12,17-18,23-24,26-27,29-30H,3-4,7-10,13-16,19-22H2,1-2H3;4-5,10-11,18-19,22-24,26-28,30H,2-3,6-9,12-17,20-21H2,1H3. The van der Waals surface area contributed by atoms with Crippen LogP contribution in [0.4, 0.5) is 0 Å². The molecule has 6 aliphatic carbocycles. The van der Waals surface area contributed by atoms with Crippen molar-refractivity contribution < 1.29 is 14.3 Å². The zero-order valence-electron chi connectivity index (χ0n) is 41.0. The van der Waals surface area contributed by atoms with Gasteiger partial charge in [0.1, 0.15) is 6.29 Å². The number of hydrogen-bond donors (Lipinski definition) is 0. The highest BCUT2D eigenvalue weighted by Crippen LogP contribution is 2.45. The molecular weight excluding hydrogens is 781 g/mol. The number of rotatable bonds is 14. The molecule has 0 saturated heterocycles. The minimum atomic E-state index is -0.0256. The van der Waals surface area contributed by atoms with Gasteiger partial charge in [0.05, 0.1) is 13.0 Å². The Bertz CT molecular complexity index is 1670. The molecule has 0 amide bonds. The lowest BCUT2D eigenvalue weighted by Gasteiger charge is -2.37. The zero-order valence-corrected chi connectivity index (χ0v) is 41.0. The Morgan fingerprint density at radius 3 is 1.16 bits per heavy atom. The van der Waals surface area contributed by atoms with Crippen molar-refractivity contribution in [3.8, 4) is 0 Å². The molecule has 0 unspecified atom stereocenters. The third-order valence-corrected chi connectivity index (χ3v) is 18.3. The molecule has 6 fully saturated rings. The summed E-state index contributed by atoms with van der Waals surface area (Å²) in [7, 11) is 1.51. The predicted octanol–water partition coefficient (Wildman–Crippen LogP) is 17.1. The van der Waals surface area contributed by atoms with Crippen molar-refractivity contribution in [2.75, 3.05) is 7.11 Å². The second-order valence-corrected chi connectivity index (χ2v) is 22.4. The number of hydrogen-bond acceptors (Lipinski definition) is 3. The number of allylic oxidation sites excluding steroid dienone is 2. The van der Waals surface area contributed by atoms with Crippen molar-refractivity contribution in [2.45, 2.75) is 205 Å². The quantitative estimate of drug-likeness (QED) is 0.140. The largest absolute Gasteiger partial charge is 0.469 e. The van der Waals surface area contributed by atoms with Crippen molar-refractivity contribution in [1.29, 1.82) is 0 Å². The number of carbonyl (C=O) groups excluding carboxylic acids is 2. The van der Waals surface area contributed by atoms with Crippen molar-refractivity contribution in [2.24, 2.45) is 59.2 Å². The fourth-order valence-corrected chi connectivity index (χ4v) is 14.0. The van der Waals surface area contributed by atoms with E-state index in [1.165, 1.54) is 171 Å². The molecule has 0 aliphatic heterocycles. The number of benzene rings is 2. The Morgan fingerprint density at radius 1 is 0.469 bits per heavy atom. The highest BCUT2D eigenvalue weighted by atomic mass is 16.5. The van der Waals surface area contributed by atoms with Gasteiger partial charge < -0.3 is 9.53 Å². The molecule has 352 valence electrons. The van der Waals surface area contributed by atoms with E-state index in [0.29, 0.717) is 17.8 Å². The van der Waals surface area contributed by atoms with Crippen LogP contribution in [-0.4, -0.2) is 19.4 Å². The van der Waals surface area contributed by atoms with Crippen molar-refractivity contribution >= 4 is 24.4 Å². The van der Waals surface area contributed by atoms with E-state index in [1.54, 1.807) is 0 Å². The van der Waals surface area contributed by atoms with E-state index in [2.05, 4.69) is 86.7 Å². The minimum Gasteiger partial charge on any atom is -0.469 e. The van der Waals surface area contributed by atoms with Crippen LogP contribution in [0.15, 0.2) is 60.7 Å². The normalized spacial score (nSPS) is 33.9. The summed E-state index contributed by atoms with van der Waals surface area (Å²) < 4.78 is 4.93. The first kappa shape index (κ1) is 49.0. The van der Waals surface area contributed by atoms with Crippen LogP contribution in [0, 0.1) is 59.2 Å². The molecule has 0 N–H and O–H groups in total. The second-order valence-electron chi connectivity index (χ2n) is 22.4. The molecule has 3 heteroatoms. The van der Waals surface area contributed by atoms with Crippen molar-refractivity contribution in [1.82, 2.24) is 0 Å². The molecule has 0 aromatic heterocycles. The second kappa shape index (κ2) is 25.8. The van der Waals surface area contributed by atoms with Gasteiger partial charge in [-0.2, -0.15) is 0 Å². The summed E-state index contributed by atoms with van der Waals surface area (Å²) in [5, 5.41) is 0. The van der Waals surface area contributed by atoms with Crippen LogP contribution in [0.25, 0.3) is 12.2 Å². The highest BCUT2D eigenvalue weighted by Gasteiger charge is 2.32. The van der Waals surface area contributed by atoms with Gasteiger partial charge in [0, 0.05) is 5.92 Å². The number of carbonyl (C=O) groups is 2. The average molecular weight is 871 g/mol. The topological polar surface area (TPSA) is 43.4 Å². The van der Waals surface area contributed by atoms with Gasteiger partial charge in [-0.3, -0.25) is 4.79 Å². The lowest BCUT2D eigenvalue weighted by Crippen LogP contribution is -2.25. The van der Waals surface area contributed by atoms with Crippen LogP contribution in [0.5, 0.6) is 0 Å². The van der Waals surface area contributed by atoms with Crippen LogP contribution in [-0.2, 0) is 14.3 Å². The van der Waals surface area contributed by atoms with Crippen molar-refractivity contribution in [3.63, 3.8) is 0 Å². The molecule has 0 radical (unpaired) electrons. The molecule has 6 aliphatic rings. The number of aldehydes is 1. The van der Waals surface area contributed by atoms with E-state index in [4.69, 9.17) is 4.74 Å². The molecule has 0 heterocycles. The molecule has 2 aromatic rings. The minimum absolute atomic E-state index is 0.0256. The Labute approximate surface area is 391 Å². The highest BCUT2D eigenvalue weighted by molar-refractivity contribution is 5.72. The molecular formula is C61H90O3. The smallest absolute Gasteiger partial charge is 0.308 e. The van der Waals surface area contributed by atoms with Gasteiger partial charge in [0.2, 0.25) is 0 Å². The van der Waals surface area contributed by atoms with Crippen LogP contribution in [0.1, 0.15) is 228 Å². The lowest BCUT2D eigenvalue weighted by molar-refractivity contribution is -0.146. The van der Waals surface area contributed by atoms with E-state index >= 15 is 0 Å². The monoisotopic (exact) mass is 871 g/mol. The fraction of sp³-hybridized carbons (Fsp3) is 0.705. The summed E-state index contributed by atoms with van der Waals surface area (Å²) in [6, 6.07) is 18.5. The molecule has 2 aromatic carbocycles. The van der Waals surface area contributed by atoms with Crippen LogP contribution in [0.3, 0.4) is 0 Å². The maximum atomic E-state index is 11.8. The van der Waals surface area contributed by atoms with E-state index < -0.39 is 0 Å². The summed E-state index contributed by atoms with van der Waals surface area (Å²) in [5.74, 6) is 9.35. The van der Waals surface area contributed by atoms with Gasteiger partial charge in [-0.05, 0) is 210 Å². The van der Waals surface area contributed by atoms with E-state index in [1.807, 2.05) is 0 Å². The summed E-state index contributed by atoms with van der Waals surface area (Å²) in [6.07, 6.45) is 48.6. The summed E-state index contributed by atoms with van der Waals surface area (Å²) in [6.45, 7) is 4.69. The summed E-state index contributed by atoms with van der Waals surface area (Å²) in [4.78, 5) is 22.7. The zero-order chi connectivity index (χ0) is 44.5. The van der Waals surface area contributed by atoms with Gasteiger partial charge in [-0.15, -0.1) is 0 Å². The molecule has 0 spiro atoms. The maximum Gasteiger partial charge on any atom is 0.308 e. The first-order valence-corrected chi connectivity index (χ1v) is 27.5.